The Labute approximate surface area is 102 Å². The third-order valence-electron chi connectivity index (χ3n) is 5.13. The van der Waals surface area contributed by atoms with Crippen molar-refractivity contribution in [1.29, 1.82) is 0 Å². The summed E-state index contributed by atoms with van der Waals surface area (Å²) < 4.78 is 2.23. The molecule has 2 bridgehead atoms. The van der Waals surface area contributed by atoms with Crippen molar-refractivity contribution < 1.29 is 9.48 Å². The van der Waals surface area contributed by atoms with Crippen molar-refractivity contribution in [3.63, 3.8) is 0 Å². The van der Waals surface area contributed by atoms with Gasteiger partial charge < -0.3 is 0 Å². The van der Waals surface area contributed by atoms with Gasteiger partial charge in [0.15, 0.2) is 6.04 Å². The van der Waals surface area contributed by atoms with E-state index < -0.39 is 0 Å². The lowest BCUT2D eigenvalue weighted by Crippen LogP contribution is -2.38. The van der Waals surface area contributed by atoms with E-state index >= 15 is 0 Å². The fraction of sp³-hybridized carbons (Fsp3) is 0.714. The van der Waals surface area contributed by atoms with Gasteiger partial charge in [-0.15, -0.1) is 10.1 Å². The van der Waals surface area contributed by atoms with E-state index in [-0.39, 0.29) is 11.8 Å². The molecule has 2 saturated carbocycles. The van der Waals surface area contributed by atoms with E-state index in [4.69, 9.17) is 0 Å². The van der Waals surface area contributed by atoms with Crippen LogP contribution in [0.4, 0.5) is 0 Å². The molecule has 3 aliphatic carbocycles. The van der Waals surface area contributed by atoms with Gasteiger partial charge in [-0.2, -0.15) is 0 Å². The molecule has 4 atom stereocenters. The zero-order valence-corrected chi connectivity index (χ0v) is 10.1. The van der Waals surface area contributed by atoms with Crippen molar-refractivity contribution in [2.75, 3.05) is 0 Å². The molecule has 3 heteroatoms. The van der Waals surface area contributed by atoms with Gasteiger partial charge in [-0.3, -0.25) is 4.79 Å². The van der Waals surface area contributed by atoms with Crippen LogP contribution in [0.2, 0.25) is 0 Å². The number of fused-ring (bicyclic) bond motifs is 5. The first-order chi connectivity index (χ1) is 8.34. The molecule has 17 heavy (non-hydrogen) atoms. The predicted octanol–water partition coefficient (Wildman–Crippen LogP) is 1.64. The Hall–Kier alpha value is -1.12. The van der Waals surface area contributed by atoms with Gasteiger partial charge in [0, 0.05) is 18.4 Å². The average molecular weight is 231 g/mol. The number of rotatable bonds is 0. The second-order valence-corrected chi connectivity index (χ2v) is 5.98. The molecular weight excluding hydrogens is 212 g/mol. The number of nitrogens with one attached hydrogen (secondary N) is 1. The molecule has 1 heterocycles. The van der Waals surface area contributed by atoms with Crippen LogP contribution < -0.4 is 5.43 Å². The third kappa shape index (κ3) is 1.28. The number of nitrogens with zero attached hydrogens (tertiary/aromatic N) is 1. The summed E-state index contributed by atoms with van der Waals surface area (Å²) in [7, 11) is 0. The van der Waals surface area contributed by atoms with Crippen LogP contribution in [0.3, 0.4) is 0 Å². The maximum absolute atomic E-state index is 12.1. The Kier molecular flexibility index (Phi) is 1.99. The summed E-state index contributed by atoms with van der Waals surface area (Å²) >= 11 is 0. The first kappa shape index (κ1) is 9.86. The van der Waals surface area contributed by atoms with Crippen LogP contribution in [0.15, 0.2) is 12.2 Å². The highest BCUT2D eigenvalue weighted by Gasteiger charge is 2.62. The molecule has 3 fully saturated rings. The van der Waals surface area contributed by atoms with Crippen LogP contribution in [-0.4, -0.2) is 22.3 Å². The maximum atomic E-state index is 12.1. The lowest BCUT2D eigenvalue weighted by atomic mass is 9.85. The van der Waals surface area contributed by atoms with Crippen molar-refractivity contribution >= 4 is 11.6 Å². The third-order valence-corrected chi connectivity index (χ3v) is 5.13. The van der Waals surface area contributed by atoms with Gasteiger partial charge in [0.2, 0.25) is 5.71 Å². The Bertz CT molecular complexity index is 438. The highest BCUT2D eigenvalue weighted by Crippen LogP contribution is 2.51. The minimum absolute atomic E-state index is 0.286. The smallest absolute Gasteiger partial charge is 0.269 e. The summed E-state index contributed by atoms with van der Waals surface area (Å²) in [5.41, 5.74) is 4.47. The molecule has 4 aliphatic rings. The summed E-state index contributed by atoms with van der Waals surface area (Å²) in [4.78, 5) is 12.1. The molecule has 0 aromatic rings. The minimum Gasteiger partial charge on any atom is -0.269 e. The van der Waals surface area contributed by atoms with Gasteiger partial charge in [-0.05, 0) is 38.0 Å². The summed E-state index contributed by atoms with van der Waals surface area (Å²) in [6.45, 7) is 0. The average Bonchev–Trinajstić information content (AvgIpc) is 3.03. The number of hydrogen-bond donors (Lipinski definition) is 1. The van der Waals surface area contributed by atoms with Crippen molar-refractivity contribution in [3.05, 3.63) is 12.2 Å². The summed E-state index contributed by atoms with van der Waals surface area (Å²) in [5.74, 6) is 2.00. The van der Waals surface area contributed by atoms with Gasteiger partial charge in [0.05, 0.1) is 0 Å². The summed E-state index contributed by atoms with van der Waals surface area (Å²) in [6.07, 6.45) is 11.9. The van der Waals surface area contributed by atoms with Gasteiger partial charge in [0.1, 0.15) is 5.92 Å². The lowest BCUT2D eigenvalue weighted by molar-refractivity contribution is -0.603. The number of allylic oxidation sites excluding steroid dienone is 2. The van der Waals surface area contributed by atoms with Crippen LogP contribution in [-0.2, 0) is 4.79 Å². The number of hydrazone groups is 1. The van der Waals surface area contributed by atoms with Gasteiger partial charge in [0.25, 0.3) is 5.91 Å². The quantitative estimate of drug-likeness (QED) is 0.631. The molecule has 4 unspecified atom stereocenters. The zero-order valence-electron chi connectivity index (χ0n) is 10.1. The monoisotopic (exact) mass is 231 g/mol. The zero-order chi connectivity index (χ0) is 11.4. The van der Waals surface area contributed by atoms with Crippen LogP contribution in [0.1, 0.15) is 38.5 Å². The molecule has 0 radical (unpaired) electrons. The lowest BCUT2D eigenvalue weighted by Gasteiger charge is -2.18. The van der Waals surface area contributed by atoms with Crippen LogP contribution >= 0.6 is 0 Å². The van der Waals surface area contributed by atoms with Crippen molar-refractivity contribution in [2.24, 2.45) is 17.8 Å². The second kappa shape index (κ2) is 3.44. The van der Waals surface area contributed by atoms with Crippen LogP contribution in [0.25, 0.3) is 0 Å². The molecule has 4 rings (SSSR count). The highest BCUT2D eigenvalue weighted by molar-refractivity contribution is 5.93. The molecule has 90 valence electrons. The fourth-order valence-corrected chi connectivity index (χ4v) is 4.44. The van der Waals surface area contributed by atoms with E-state index in [1.807, 2.05) is 0 Å². The molecule has 1 saturated heterocycles. The molecular formula is C14H19N2O+. The Morgan fingerprint density at radius 3 is 3.00 bits per heavy atom. The van der Waals surface area contributed by atoms with E-state index in [1.165, 1.54) is 37.8 Å². The number of amides is 1. The molecule has 1 amide bonds. The Balaban J connectivity index is 1.76. The van der Waals surface area contributed by atoms with Gasteiger partial charge >= 0.3 is 0 Å². The normalized spacial score (nSPS) is 47.4. The number of carbonyl (C=O) groups excluding carboxylic acids is 1. The van der Waals surface area contributed by atoms with Crippen molar-refractivity contribution in [3.8, 4) is 0 Å². The molecule has 0 aromatic heterocycles. The standard InChI is InChI=1S/C14H18N2O/c17-14-12-9-6-7-10(8-9)13(12)16(15-14)11-4-2-1-3-5-11/h2,4,9-10,12-13H,1,3,5-8H2/p+1. The Morgan fingerprint density at radius 1 is 1.29 bits per heavy atom. The van der Waals surface area contributed by atoms with Gasteiger partial charge in [-0.25, -0.2) is 0 Å². The van der Waals surface area contributed by atoms with Crippen molar-refractivity contribution in [1.82, 2.24) is 5.43 Å². The van der Waals surface area contributed by atoms with E-state index in [9.17, 15) is 4.79 Å². The van der Waals surface area contributed by atoms with E-state index in [2.05, 4.69) is 22.3 Å². The molecule has 3 nitrogen and oxygen atoms in total. The summed E-state index contributed by atoms with van der Waals surface area (Å²) in [6, 6.07) is 0.471. The highest BCUT2D eigenvalue weighted by atomic mass is 16.2. The second-order valence-electron chi connectivity index (χ2n) is 5.98. The molecule has 0 aromatic carbocycles. The maximum Gasteiger partial charge on any atom is 0.284 e. The molecule has 0 spiro atoms. The molecule has 1 aliphatic heterocycles. The van der Waals surface area contributed by atoms with Crippen LogP contribution in [0.5, 0.6) is 0 Å². The topological polar surface area (TPSA) is 32.1 Å². The largest absolute Gasteiger partial charge is 0.284 e. The minimum atomic E-state index is 0.286. The Morgan fingerprint density at radius 2 is 2.18 bits per heavy atom. The van der Waals surface area contributed by atoms with Crippen LogP contribution in [0, 0.1) is 17.8 Å². The first-order valence-electron chi connectivity index (χ1n) is 6.97. The number of hydrogen-bond acceptors (Lipinski definition) is 1. The first-order valence-corrected chi connectivity index (χ1v) is 6.97. The van der Waals surface area contributed by atoms with Gasteiger partial charge in [-0.1, -0.05) is 6.08 Å². The number of hydrazine groups is 1. The SMILES string of the molecule is O=C1N[N+](=C2C=CCCC2)C2C3CCC(C3)C12. The fourth-order valence-electron chi connectivity index (χ4n) is 4.44. The number of carbonyl (C=O) groups is 1. The predicted molar refractivity (Wildman–Crippen MR) is 64.5 cm³/mol. The summed E-state index contributed by atoms with van der Waals surface area (Å²) in [5, 5.41) is 0. The van der Waals surface area contributed by atoms with E-state index in [0.717, 1.165) is 12.3 Å². The van der Waals surface area contributed by atoms with Crippen molar-refractivity contribution in [2.45, 2.75) is 44.6 Å². The van der Waals surface area contributed by atoms with E-state index in [1.54, 1.807) is 0 Å². The molecule has 1 N–H and O–H groups in total. The van der Waals surface area contributed by atoms with E-state index in [0.29, 0.717) is 12.0 Å².